The van der Waals surface area contributed by atoms with E-state index in [4.69, 9.17) is 0 Å². The fourth-order valence-electron chi connectivity index (χ4n) is 1.71. The molecule has 0 radical (unpaired) electrons. The van der Waals surface area contributed by atoms with E-state index in [0.29, 0.717) is 12.1 Å². The van der Waals surface area contributed by atoms with Crippen LogP contribution in [0.5, 0.6) is 0 Å². The molecule has 18 heavy (non-hydrogen) atoms. The van der Waals surface area contributed by atoms with E-state index in [2.05, 4.69) is 31.4 Å². The second-order valence-electron chi connectivity index (χ2n) is 4.10. The first-order chi connectivity index (χ1) is 8.58. The zero-order chi connectivity index (χ0) is 13.1. The Morgan fingerprint density at radius 1 is 1.33 bits per heavy atom. The molecular formula is C13H14BrN3O. The molecule has 1 aromatic carbocycles. The quantitative estimate of drug-likeness (QED) is 0.916. The number of amides is 1. The average Bonchev–Trinajstić information content (AvgIpc) is 2.67. The molecule has 0 aliphatic heterocycles. The van der Waals surface area contributed by atoms with Crippen molar-refractivity contribution in [1.82, 2.24) is 15.5 Å². The van der Waals surface area contributed by atoms with E-state index >= 15 is 0 Å². The van der Waals surface area contributed by atoms with E-state index in [-0.39, 0.29) is 5.91 Å². The minimum absolute atomic E-state index is 0.0810. The monoisotopic (exact) mass is 307 g/mol. The number of aromatic nitrogens is 2. The minimum Gasteiger partial charge on any atom is -0.348 e. The fourth-order valence-corrected chi connectivity index (χ4v) is 1.97. The van der Waals surface area contributed by atoms with Crippen molar-refractivity contribution in [3.8, 4) is 0 Å². The molecule has 5 heteroatoms. The molecular weight excluding hydrogens is 294 g/mol. The summed E-state index contributed by atoms with van der Waals surface area (Å²) in [6.07, 6.45) is 0. The Kier molecular flexibility index (Phi) is 3.81. The molecule has 4 nitrogen and oxygen atoms in total. The van der Waals surface area contributed by atoms with Crippen molar-refractivity contribution >= 4 is 21.8 Å². The van der Waals surface area contributed by atoms with E-state index in [0.717, 1.165) is 21.4 Å². The normalized spacial score (nSPS) is 10.4. The predicted molar refractivity (Wildman–Crippen MR) is 73.4 cm³/mol. The average molecular weight is 308 g/mol. The first kappa shape index (κ1) is 12.8. The van der Waals surface area contributed by atoms with Crippen molar-refractivity contribution in [2.24, 2.45) is 0 Å². The third-order valence-electron chi connectivity index (χ3n) is 2.81. The summed E-state index contributed by atoms with van der Waals surface area (Å²) in [7, 11) is 0. The van der Waals surface area contributed by atoms with E-state index < -0.39 is 0 Å². The number of aryl methyl sites for hydroxylation is 2. The highest BCUT2D eigenvalue weighted by Crippen LogP contribution is 2.12. The third kappa shape index (κ3) is 2.79. The number of hydrogen-bond acceptors (Lipinski definition) is 2. The van der Waals surface area contributed by atoms with Gasteiger partial charge in [0, 0.05) is 27.8 Å². The molecule has 94 valence electrons. The van der Waals surface area contributed by atoms with Crippen molar-refractivity contribution in [2.45, 2.75) is 20.4 Å². The van der Waals surface area contributed by atoms with Crippen molar-refractivity contribution in [2.75, 3.05) is 0 Å². The lowest BCUT2D eigenvalue weighted by Crippen LogP contribution is -2.23. The second-order valence-corrected chi connectivity index (χ2v) is 5.02. The third-order valence-corrected chi connectivity index (χ3v) is 3.34. The number of aromatic amines is 1. The molecule has 0 fully saturated rings. The molecule has 0 spiro atoms. The maximum absolute atomic E-state index is 11.9. The number of carbonyl (C=O) groups excluding carboxylic acids is 1. The van der Waals surface area contributed by atoms with Crippen LogP contribution in [0.2, 0.25) is 0 Å². The van der Waals surface area contributed by atoms with Gasteiger partial charge >= 0.3 is 0 Å². The van der Waals surface area contributed by atoms with Crippen molar-refractivity contribution < 1.29 is 4.79 Å². The van der Waals surface area contributed by atoms with E-state index in [1.54, 1.807) is 12.1 Å². The van der Waals surface area contributed by atoms with E-state index in [1.807, 2.05) is 26.0 Å². The summed E-state index contributed by atoms with van der Waals surface area (Å²) >= 11 is 3.34. The number of nitrogens with one attached hydrogen (secondary N) is 2. The van der Waals surface area contributed by atoms with Gasteiger partial charge in [-0.15, -0.1) is 0 Å². The fraction of sp³-hybridized carbons (Fsp3) is 0.231. The van der Waals surface area contributed by atoms with Gasteiger partial charge in [0.15, 0.2) is 0 Å². The van der Waals surface area contributed by atoms with Crippen LogP contribution < -0.4 is 5.32 Å². The van der Waals surface area contributed by atoms with Crippen LogP contribution in [0.1, 0.15) is 27.3 Å². The van der Waals surface area contributed by atoms with Gasteiger partial charge in [-0.3, -0.25) is 9.89 Å². The van der Waals surface area contributed by atoms with Crippen LogP contribution in [0, 0.1) is 13.8 Å². The lowest BCUT2D eigenvalue weighted by atomic mass is 10.2. The zero-order valence-corrected chi connectivity index (χ0v) is 11.8. The molecule has 0 bridgehead atoms. The van der Waals surface area contributed by atoms with Crippen LogP contribution in [0.25, 0.3) is 0 Å². The zero-order valence-electron chi connectivity index (χ0n) is 10.2. The number of hydrogen-bond donors (Lipinski definition) is 2. The Balaban J connectivity index is 2.03. The van der Waals surface area contributed by atoms with Crippen molar-refractivity contribution in [3.05, 3.63) is 51.3 Å². The SMILES string of the molecule is Cc1n[nH]c(C)c1CNC(=O)c1ccc(Br)cc1. The van der Waals surface area contributed by atoms with Gasteiger partial charge in [-0.1, -0.05) is 15.9 Å². The van der Waals surface area contributed by atoms with E-state index in [1.165, 1.54) is 0 Å². The van der Waals surface area contributed by atoms with Crippen LogP contribution in [0.4, 0.5) is 0 Å². The smallest absolute Gasteiger partial charge is 0.251 e. The van der Waals surface area contributed by atoms with Gasteiger partial charge in [0.05, 0.1) is 5.69 Å². The van der Waals surface area contributed by atoms with Crippen molar-refractivity contribution in [1.29, 1.82) is 0 Å². The summed E-state index contributed by atoms with van der Waals surface area (Å²) in [4.78, 5) is 11.9. The van der Waals surface area contributed by atoms with Crippen LogP contribution in [-0.2, 0) is 6.54 Å². The van der Waals surface area contributed by atoms with Crippen LogP contribution in [-0.4, -0.2) is 16.1 Å². The van der Waals surface area contributed by atoms with Gasteiger partial charge in [0.1, 0.15) is 0 Å². The molecule has 0 unspecified atom stereocenters. The predicted octanol–water partition coefficient (Wildman–Crippen LogP) is 2.72. The Bertz CT molecular complexity index is 541. The van der Waals surface area contributed by atoms with E-state index in [9.17, 15) is 4.79 Å². The summed E-state index contributed by atoms with van der Waals surface area (Å²) in [5.41, 5.74) is 3.60. The van der Waals surface area contributed by atoms with Crippen LogP contribution >= 0.6 is 15.9 Å². The van der Waals surface area contributed by atoms with Crippen LogP contribution in [0.15, 0.2) is 28.7 Å². The van der Waals surface area contributed by atoms with Gasteiger partial charge in [-0.25, -0.2) is 0 Å². The molecule has 0 saturated heterocycles. The first-order valence-corrected chi connectivity index (χ1v) is 6.41. The Labute approximate surface area is 114 Å². The summed E-state index contributed by atoms with van der Waals surface area (Å²) in [5, 5.41) is 9.88. The van der Waals surface area contributed by atoms with Gasteiger partial charge in [0.2, 0.25) is 0 Å². The number of H-pyrrole nitrogens is 1. The summed E-state index contributed by atoms with van der Waals surface area (Å²) in [6.45, 7) is 4.36. The Hall–Kier alpha value is -1.62. The lowest BCUT2D eigenvalue weighted by molar-refractivity contribution is 0.0951. The maximum Gasteiger partial charge on any atom is 0.251 e. The highest BCUT2D eigenvalue weighted by atomic mass is 79.9. The lowest BCUT2D eigenvalue weighted by Gasteiger charge is -2.05. The molecule has 0 saturated carbocycles. The van der Waals surface area contributed by atoms with Crippen LogP contribution in [0.3, 0.4) is 0 Å². The molecule has 0 aliphatic rings. The highest BCUT2D eigenvalue weighted by Gasteiger charge is 2.09. The number of benzene rings is 1. The minimum atomic E-state index is -0.0810. The molecule has 0 atom stereocenters. The number of halogens is 1. The van der Waals surface area contributed by atoms with Gasteiger partial charge in [0.25, 0.3) is 5.91 Å². The Morgan fingerprint density at radius 2 is 2.00 bits per heavy atom. The molecule has 0 aliphatic carbocycles. The number of rotatable bonds is 3. The summed E-state index contributed by atoms with van der Waals surface area (Å²) in [5.74, 6) is -0.0810. The maximum atomic E-state index is 11.9. The van der Waals surface area contributed by atoms with Gasteiger partial charge in [-0.05, 0) is 38.1 Å². The molecule has 1 aromatic heterocycles. The highest BCUT2D eigenvalue weighted by molar-refractivity contribution is 9.10. The molecule has 1 heterocycles. The van der Waals surface area contributed by atoms with Crippen molar-refractivity contribution in [3.63, 3.8) is 0 Å². The topological polar surface area (TPSA) is 57.8 Å². The standard InChI is InChI=1S/C13H14BrN3O/c1-8-12(9(2)17-16-8)7-15-13(18)10-3-5-11(14)6-4-10/h3-6H,7H2,1-2H3,(H,15,18)(H,16,17). The number of carbonyl (C=O) groups is 1. The molecule has 1 amide bonds. The largest absolute Gasteiger partial charge is 0.348 e. The first-order valence-electron chi connectivity index (χ1n) is 5.62. The number of nitrogens with zero attached hydrogens (tertiary/aromatic N) is 1. The molecule has 2 N–H and O–H groups in total. The second kappa shape index (κ2) is 5.35. The molecule has 2 rings (SSSR count). The Morgan fingerprint density at radius 3 is 2.56 bits per heavy atom. The van der Waals surface area contributed by atoms with Gasteiger partial charge in [-0.2, -0.15) is 5.10 Å². The molecule has 2 aromatic rings. The summed E-state index contributed by atoms with van der Waals surface area (Å²) < 4.78 is 0.959. The summed E-state index contributed by atoms with van der Waals surface area (Å²) in [6, 6.07) is 7.27. The van der Waals surface area contributed by atoms with Gasteiger partial charge < -0.3 is 5.32 Å².